The van der Waals surface area contributed by atoms with Crippen molar-refractivity contribution in [3.8, 4) is 11.5 Å². The van der Waals surface area contributed by atoms with Gasteiger partial charge in [-0.05, 0) is 56.8 Å². The first kappa shape index (κ1) is 16.7. The summed E-state index contributed by atoms with van der Waals surface area (Å²) in [4.78, 5) is 2.54. The Kier molecular flexibility index (Phi) is 4.09. The fourth-order valence-electron chi connectivity index (χ4n) is 5.03. The molecule has 2 saturated heterocycles. The van der Waals surface area contributed by atoms with Crippen LogP contribution in [0.5, 0.6) is 0 Å². The molecule has 0 amide bonds. The molecule has 4 nitrogen and oxygen atoms in total. The van der Waals surface area contributed by atoms with E-state index in [1.807, 2.05) is 30.3 Å². The molecule has 27 heavy (non-hydrogen) atoms. The second kappa shape index (κ2) is 6.61. The van der Waals surface area contributed by atoms with E-state index in [0.717, 1.165) is 17.9 Å². The number of rotatable bonds is 3. The van der Waals surface area contributed by atoms with Gasteiger partial charge in [0.1, 0.15) is 0 Å². The van der Waals surface area contributed by atoms with Crippen LogP contribution in [0.15, 0.2) is 59.0 Å². The number of aryl methyl sites for hydroxylation is 1. The highest BCUT2D eigenvalue weighted by atomic mass is 16.4. The number of fused-ring (bicyclic) bond motifs is 2. The number of aromatic nitrogens is 2. The first-order valence-electron chi connectivity index (χ1n) is 9.88. The highest BCUT2D eigenvalue weighted by molar-refractivity contribution is 5.51. The van der Waals surface area contributed by atoms with Gasteiger partial charge in [0, 0.05) is 17.6 Å². The summed E-state index contributed by atoms with van der Waals surface area (Å²) in [6, 6.07) is 20.2. The SMILES string of the molecule is Cc1ccc(C2C[C@H]3CCC([C@H]2c2nnc(-c4ccccc4)o2)N3C)cc1. The topological polar surface area (TPSA) is 42.2 Å². The Bertz CT molecular complexity index is 918. The summed E-state index contributed by atoms with van der Waals surface area (Å²) in [6.07, 6.45) is 3.63. The van der Waals surface area contributed by atoms with Gasteiger partial charge in [0.2, 0.25) is 11.8 Å². The summed E-state index contributed by atoms with van der Waals surface area (Å²) >= 11 is 0. The smallest absolute Gasteiger partial charge is 0.247 e. The first-order chi connectivity index (χ1) is 13.2. The maximum absolute atomic E-state index is 6.23. The van der Waals surface area contributed by atoms with Crippen molar-refractivity contribution in [3.05, 3.63) is 71.6 Å². The van der Waals surface area contributed by atoms with E-state index in [1.165, 1.54) is 24.0 Å². The van der Waals surface area contributed by atoms with Crippen LogP contribution in [0.3, 0.4) is 0 Å². The summed E-state index contributed by atoms with van der Waals surface area (Å²) in [5, 5.41) is 8.89. The molecule has 0 saturated carbocycles. The van der Waals surface area contributed by atoms with Crippen molar-refractivity contribution in [2.24, 2.45) is 0 Å². The van der Waals surface area contributed by atoms with Gasteiger partial charge in [-0.1, -0.05) is 48.0 Å². The molecule has 3 aromatic rings. The molecule has 0 radical (unpaired) electrons. The predicted octanol–water partition coefficient (Wildman–Crippen LogP) is 4.78. The molecule has 2 aliphatic rings. The van der Waals surface area contributed by atoms with Crippen LogP contribution in [0.4, 0.5) is 0 Å². The third kappa shape index (κ3) is 2.88. The van der Waals surface area contributed by atoms with Gasteiger partial charge in [0.05, 0.1) is 5.92 Å². The maximum Gasteiger partial charge on any atom is 0.247 e. The van der Waals surface area contributed by atoms with Gasteiger partial charge >= 0.3 is 0 Å². The van der Waals surface area contributed by atoms with Crippen LogP contribution < -0.4 is 0 Å². The number of nitrogens with zero attached hydrogens (tertiary/aromatic N) is 3. The molecule has 1 aromatic heterocycles. The fourth-order valence-corrected chi connectivity index (χ4v) is 5.03. The molecular weight excluding hydrogens is 334 g/mol. The van der Waals surface area contributed by atoms with Crippen molar-refractivity contribution >= 4 is 0 Å². The monoisotopic (exact) mass is 359 g/mol. The number of piperidine rings is 1. The van der Waals surface area contributed by atoms with Gasteiger partial charge in [-0.3, -0.25) is 4.90 Å². The maximum atomic E-state index is 6.23. The molecule has 2 fully saturated rings. The summed E-state index contributed by atoms with van der Waals surface area (Å²) in [6.45, 7) is 2.14. The zero-order chi connectivity index (χ0) is 18.4. The molecule has 4 heteroatoms. The van der Waals surface area contributed by atoms with Gasteiger partial charge < -0.3 is 4.42 Å². The van der Waals surface area contributed by atoms with Crippen molar-refractivity contribution in [1.29, 1.82) is 0 Å². The van der Waals surface area contributed by atoms with Gasteiger partial charge in [-0.15, -0.1) is 10.2 Å². The summed E-state index contributed by atoms with van der Waals surface area (Å²) < 4.78 is 6.23. The number of hydrogen-bond donors (Lipinski definition) is 0. The van der Waals surface area contributed by atoms with E-state index < -0.39 is 0 Å². The lowest BCUT2D eigenvalue weighted by Gasteiger charge is -2.41. The van der Waals surface area contributed by atoms with E-state index in [1.54, 1.807) is 0 Å². The van der Waals surface area contributed by atoms with E-state index in [0.29, 0.717) is 23.9 Å². The molecule has 0 spiro atoms. The second-order valence-corrected chi connectivity index (χ2v) is 8.05. The molecule has 2 aromatic carbocycles. The zero-order valence-electron chi connectivity index (χ0n) is 15.9. The average molecular weight is 359 g/mol. The minimum atomic E-state index is 0.251. The number of benzene rings is 2. The Balaban J connectivity index is 1.54. The number of likely N-dealkylation sites (N-methyl/N-ethyl adjacent to an activating group) is 1. The minimum absolute atomic E-state index is 0.251. The van der Waals surface area contributed by atoms with Crippen LogP contribution in [0.2, 0.25) is 0 Å². The number of hydrogen-bond acceptors (Lipinski definition) is 4. The fraction of sp³-hybridized carbons (Fsp3) is 0.391. The van der Waals surface area contributed by atoms with Crippen molar-refractivity contribution in [2.75, 3.05) is 7.05 Å². The van der Waals surface area contributed by atoms with E-state index in [4.69, 9.17) is 4.42 Å². The quantitative estimate of drug-likeness (QED) is 0.675. The Hall–Kier alpha value is -2.46. The highest BCUT2D eigenvalue weighted by Crippen LogP contribution is 2.50. The van der Waals surface area contributed by atoms with Crippen LogP contribution in [-0.4, -0.2) is 34.2 Å². The van der Waals surface area contributed by atoms with Crippen LogP contribution in [0.1, 0.15) is 48.1 Å². The second-order valence-electron chi connectivity index (χ2n) is 8.05. The third-order valence-corrected chi connectivity index (χ3v) is 6.52. The predicted molar refractivity (Wildman–Crippen MR) is 106 cm³/mol. The van der Waals surface area contributed by atoms with Crippen LogP contribution >= 0.6 is 0 Å². The molecule has 0 aliphatic carbocycles. The Labute approximate surface area is 160 Å². The Morgan fingerprint density at radius 3 is 2.52 bits per heavy atom. The van der Waals surface area contributed by atoms with Gasteiger partial charge in [0.15, 0.2) is 0 Å². The van der Waals surface area contributed by atoms with E-state index >= 15 is 0 Å². The average Bonchev–Trinajstić information content (AvgIpc) is 3.26. The molecular formula is C23H25N3O. The van der Waals surface area contributed by atoms with Crippen LogP contribution in [0.25, 0.3) is 11.5 Å². The molecule has 5 rings (SSSR count). The normalized spacial score (nSPS) is 27.8. The molecule has 3 heterocycles. The third-order valence-electron chi connectivity index (χ3n) is 6.52. The van der Waals surface area contributed by atoms with Gasteiger partial charge in [-0.2, -0.15) is 0 Å². The van der Waals surface area contributed by atoms with Crippen LogP contribution in [0, 0.1) is 6.92 Å². The zero-order valence-corrected chi connectivity index (χ0v) is 15.9. The molecule has 2 unspecified atom stereocenters. The summed E-state index contributed by atoms with van der Waals surface area (Å²) in [5.74, 6) is 2.09. The van der Waals surface area contributed by atoms with Gasteiger partial charge in [0.25, 0.3) is 0 Å². The van der Waals surface area contributed by atoms with Crippen molar-refractivity contribution in [3.63, 3.8) is 0 Å². The Morgan fingerprint density at radius 2 is 1.74 bits per heavy atom. The van der Waals surface area contributed by atoms with Crippen LogP contribution in [-0.2, 0) is 0 Å². The molecule has 0 N–H and O–H groups in total. The summed E-state index contributed by atoms with van der Waals surface area (Å²) in [5.41, 5.74) is 3.68. The largest absolute Gasteiger partial charge is 0.420 e. The van der Waals surface area contributed by atoms with E-state index in [-0.39, 0.29) is 5.92 Å². The molecule has 2 bridgehead atoms. The minimum Gasteiger partial charge on any atom is -0.420 e. The van der Waals surface area contributed by atoms with Crippen molar-refractivity contribution < 1.29 is 4.42 Å². The lowest BCUT2D eigenvalue weighted by Crippen LogP contribution is -2.44. The van der Waals surface area contributed by atoms with Crippen molar-refractivity contribution in [1.82, 2.24) is 15.1 Å². The molecule has 4 atom stereocenters. The standard InChI is InChI=1S/C23H25N3O/c1-15-8-10-16(11-9-15)19-14-18-12-13-20(26(18)2)21(19)23-25-24-22(27-23)17-6-4-3-5-7-17/h3-11,18-21H,12-14H2,1-2H3/t18-,19?,20?,21+/m1/s1. The first-order valence-corrected chi connectivity index (χ1v) is 9.88. The molecule has 2 aliphatic heterocycles. The molecule has 138 valence electrons. The van der Waals surface area contributed by atoms with E-state index in [2.05, 4.69) is 53.3 Å². The van der Waals surface area contributed by atoms with Gasteiger partial charge in [-0.25, -0.2) is 0 Å². The Morgan fingerprint density at radius 1 is 0.963 bits per heavy atom. The van der Waals surface area contributed by atoms with E-state index in [9.17, 15) is 0 Å². The lowest BCUT2D eigenvalue weighted by atomic mass is 9.76. The van der Waals surface area contributed by atoms with Crippen molar-refractivity contribution in [2.45, 2.75) is 50.1 Å². The summed E-state index contributed by atoms with van der Waals surface area (Å²) in [7, 11) is 2.26. The lowest BCUT2D eigenvalue weighted by molar-refractivity contribution is 0.124. The highest BCUT2D eigenvalue weighted by Gasteiger charge is 2.48.